The Balaban J connectivity index is 2.50. The van der Waals surface area contributed by atoms with E-state index in [1.165, 1.54) is 18.2 Å². The van der Waals surface area contributed by atoms with Crippen LogP contribution in [0.4, 0.5) is 4.39 Å². The first-order valence-corrected chi connectivity index (χ1v) is 5.69. The highest BCUT2D eigenvalue weighted by Gasteiger charge is 2.12. The van der Waals surface area contributed by atoms with Crippen LogP contribution in [0.3, 0.4) is 0 Å². The van der Waals surface area contributed by atoms with Gasteiger partial charge in [-0.25, -0.2) is 4.39 Å². The number of aryl methyl sites for hydroxylation is 1. The molecule has 0 spiro atoms. The molecule has 18 heavy (non-hydrogen) atoms. The fourth-order valence-corrected chi connectivity index (χ4v) is 1.36. The van der Waals surface area contributed by atoms with E-state index >= 15 is 0 Å². The van der Waals surface area contributed by atoms with E-state index in [-0.39, 0.29) is 12.1 Å². The molecule has 0 aliphatic rings. The van der Waals surface area contributed by atoms with Gasteiger partial charge in [0, 0.05) is 12.1 Å². The molecular formula is C13H16FNO3. The monoisotopic (exact) mass is 253 g/mol. The van der Waals surface area contributed by atoms with Crippen LogP contribution < -0.4 is 5.32 Å². The maximum Gasteiger partial charge on any atom is 0.306 e. The van der Waals surface area contributed by atoms with Crippen molar-refractivity contribution < 1.29 is 19.1 Å². The highest BCUT2D eigenvalue weighted by molar-refractivity contribution is 5.94. The van der Waals surface area contributed by atoms with Crippen LogP contribution in [0.25, 0.3) is 0 Å². The number of hydrogen-bond acceptors (Lipinski definition) is 2. The number of benzene rings is 1. The minimum Gasteiger partial charge on any atom is -0.481 e. The van der Waals surface area contributed by atoms with Gasteiger partial charge in [0.25, 0.3) is 5.91 Å². The summed E-state index contributed by atoms with van der Waals surface area (Å²) in [4.78, 5) is 22.2. The third kappa shape index (κ3) is 3.84. The van der Waals surface area contributed by atoms with Gasteiger partial charge in [0.15, 0.2) is 0 Å². The number of halogens is 1. The topological polar surface area (TPSA) is 66.4 Å². The summed E-state index contributed by atoms with van der Waals surface area (Å²) in [5.41, 5.74) is 0.715. The highest BCUT2D eigenvalue weighted by Crippen LogP contribution is 2.09. The van der Waals surface area contributed by atoms with Crippen LogP contribution in [-0.2, 0) is 4.79 Å². The number of nitrogens with one attached hydrogen (secondary N) is 1. The number of hydrogen-bond donors (Lipinski definition) is 2. The first-order chi connectivity index (χ1) is 8.41. The molecule has 1 rings (SSSR count). The van der Waals surface area contributed by atoms with Crippen molar-refractivity contribution in [1.29, 1.82) is 0 Å². The molecule has 0 saturated carbocycles. The molecule has 98 valence electrons. The normalized spacial score (nSPS) is 11.9. The SMILES string of the molecule is Cc1ccc(C(=O)NCCC(C)C(=O)O)cc1F. The smallest absolute Gasteiger partial charge is 0.306 e. The zero-order valence-corrected chi connectivity index (χ0v) is 10.4. The summed E-state index contributed by atoms with van der Waals surface area (Å²) in [5, 5.41) is 11.2. The van der Waals surface area contributed by atoms with Crippen LogP contribution in [0.1, 0.15) is 29.3 Å². The van der Waals surface area contributed by atoms with Crippen LogP contribution in [0.15, 0.2) is 18.2 Å². The minimum atomic E-state index is -0.898. The molecule has 0 aliphatic heterocycles. The lowest BCUT2D eigenvalue weighted by Crippen LogP contribution is -2.27. The molecule has 1 atom stereocenters. The number of carboxylic acid groups (broad SMARTS) is 1. The average Bonchev–Trinajstić information content (AvgIpc) is 2.32. The van der Waals surface area contributed by atoms with E-state index in [9.17, 15) is 14.0 Å². The van der Waals surface area contributed by atoms with Gasteiger partial charge in [0.05, 0.1) is 5.92 Å². The van der Waals surface area contributed by atoms with Gasteiger partial charge in [-0.1, -0.05) is 13.0 Å². The number of carbonyl (C=O) groups excluding carboxylic acids is 1. The molecule has 0 radical (unpaired) electrons. The fraction of sp³-hybridized carbons (Fsp3) is 0.385. The molecule has 0 aliphatic carbocycles. The van der Waals surface area contributed by atoms with Gasteiger partial charge in [0.2, 0.25) is 0 Å². The van der Waals surface area contributed by atoms with Crippen LogP contribution in [0, 0.1) is 18.7 Å². The Bertz CT molecular complexity index is 460. The van der Waals surface area contributed by atoms with E-state index in [2.05, 4.69) is 5.32 Å². The highest BCUT2D eigenvalue weighted by atomic mass is 19.1. The summed E-state index contributed by atoms with van der Waals surface area (Å²) in [7, 11) is 0. The molecule has 1 amide bonds. The van der Waals surface area contributed by atoms with E-state index in [1.807, 2.05) is 0 Å². The number of carbonyl (C=O) groups is 2. The lowest BCUT2D eigenvalue weighted by atomic mass is 10.1. The summed E-state index contributed by atoms with van der Waals surface area (Å²) in [5.74, 6) is -2.24. The number of aliphatic carboxylic acids is 1. The zero-order valence-electron chi connectivity index (χ0n) is 10.4. The molecule has 2 N–H and O–H groups in total. The maximum atomic E-state index is 13.2. The van der Waals surface area contributed by atoms with Crippen molar-refractivity contribution in [3.8, 4) is 0 Å². The van der Waals surface area contributed by atoms with E-state index in [1.54, 1.807) is 13.8 Å². The maximum absolute atomic E-state index is 13.2. The largest absolute Gasteiger partial charge is 0.481 e. The van der Waals surface area contributed by atoms with E-state index < -0.39 is 23.6 Å². The Kier molecular flexibility index (Phi) is 4.83. The molecule has 1 unspecified atom stereocenters. The van der Waals surface area contributed by atoms with Crippen molar-refractivity contribution in [2.24, 2.45) is 5.92 Å². The molecular weight excluding hydrogens is 237 g/mol. The first kappa shape index (κ1) is 14.2. The molecule has 0 bridgehead atoms. The van der Waals surface area contributed by atoms with E-state index in [0.717, 1.165) is 0 Å². The van der Waals surface area contributed by atoms with E-state index in [0.29, 0.717) is 12.0 Å². The predicted octanol–water partition coefficient (Wildman–Crippen LogP) is 1.97. The van der Waals surface area contributed by atoms with Gasteiger partial charge in [-0.05, 0) is 31.0 Å². The van der Waals surface area contributed by atoms with Crippen molar-refractivity contribution in [3.63, 3.8) is 0 Å². The van der Waals surface area contributed by atoms with Crippen molar-refractivity contribution >= 4 is 11.9 Å². The minimum absolute atomic E-state index is 0.237. The van der Waals surface area contributed by atoms with Crippen molar-refractivity contribution in [2.75, 3.05) is 6.54 Å². The molecule has 0 fully saturated rings. The second kappa shape index (κ2) is 6.14. The third-order valence-corrected chi connectivity index (χ3v) is 2.72. The molecule has 1 aromatic rings. The van der Waals surface area contributed by atoms with Gasteiger partial charge >= 0.3 is 5.97 Å². The van der Waals surface area contributed by atoms with Crippen LogP contribution in [0.2, 0.25) is 0 Å². The molecule has 0 aromatic heterocycles. The number of carboxylic acids is 1. The van der Waals surface area contributed by atoms with Crippen LogP contribution in [-0.4, -0.2) is 23.5 Å². The quantitative estimate of drug-likeness (QED) is 0.843. The summed E-state index contributed by atoms with van der Waals surface area (Å²) in [6.45, 7) is 3.44. The Morgan fingerprint density at radius 2 is 2.11 bits per heavy atom. The Morgan fingerprint density at radius 1 is 1.44 bits per heavy atom. The predicted molar refractivity (Wildman–Crippen MR) is 64.9 cm³/mol. The fourth-order valence-electron chi connectivity index (χ4n) is 1.36. The second-order valence-corrected chi connectivity index (χ2v) is 4.25. The average molecular weight is 253 g/mol. The lowest BCUT2D eigenvalue weighted by Gasteiger charge is -2.08. The Labute approximate surface area is 105 Å². The van der Waals surface area contributed by atoms with Crippen molar-refractivity contribution in [1.82, 2.24) is 5.32 Å². The van der Waals surface area contributed by atoms with Crippen LogP contribution in [0.5, 0.6) is 0 Å². The summed E-state index contributed by atoms with van der Waals surface area (Å²) in [6, 6.07) is 4.24. The second-order valence-electron chi connectivity index (χ2n) is 4.25. The molecule has 4 nitrogen and oxygen atoms in total. The molecule has 1 aromatic carbocycles. The van der Waals surface area contributed by atoms with Crippen LogP contribution >= 0.6 is 0 Å². The number of rotatable bonds is 5. The number of amides is 1. The van der Waals surface area contributed by atoms with Gasteiger partial charge in [-0.3, -0.25) is 9.59 Å². The molecule has 0 heterocycles. The third-order valence-electron chi connectivity index (χ3n) is 2.72. The lowest BCUT2D eigenvalue weighted by molar-refractivity contribution is -0.141. The standard InChI is InChI=1S/C13H16FNO3/c1-8-3-4-10(7-11(8)14)12(16)15-6-5-9(2)13(17)18/h3-4,7,9H,5-6H2,1-2H3,(H,15,16)(H,17,18). The summed E-state index contributed by atoms with van der Waals surface area (Å²) in [6.07, 6.45) is 0.343. The Hall–Kier alpha value is -1.91. The summed E-state index contributed by atoms with van der Waals surface area (Å²) < 4.78 is 13.2. The van der Waals surface area contributed by atoms with Gasteiger partial charge < -0.3 is 10.4 Å². The van der Waals surface area contributed by atoms with Crippen molar-refractivity contribution in [3.05, 3.63) is 35.1 Å². The van der Waals surface area contributed by atoms with Crippen molar-refractivity contribution in [2.45, 2.75) is 20.3 Å². The Morgan fingerprint density at radius 3 is 2.67 bits per heavy atom. The van der Waals surface area contributed by atoms with Gasteiger partial charge in [0.1, 0.15) is 5.82 Å². The van der Waals surface area contributed by atoms with Gasteiger partial charge in [-0.15, -0.1) is 0 Å². The van der Waals surface area contributed by atoms with Gasteiger partial charge in [-0.2, -0.15) is 0 Å². The van der Waals surface area contributed by atoms with E-state index in [4.69, 9.17) is 5.11 Å². The first-order valence-electron chi connectivity index (χ1n) is 5.69. The summed E-state index contributed by atoms with van der Waals surface area (Å²) >= 11 is 0. The molecule has 0 saturated heterocycles. The zero-order chi connectivity index (χ0) is 13.7. The molecule has 5 heteroatoms.